The van der Waals surface area contributed by atoms with Crippen molar-refractivity contribution in [3.8, 4) is 0 Å². The molecule has 0 radical (unpaired) electrons. The number of nitrogen functional groups attached to an aromatic ring is 1. The number of nitrogens with two attached hydrogens (primary N) is 1. The molecular weight excluding hydrogens is 264 g/mol. The van der Waals surface area contributed by atoms with Crippen LogP contribution in [-0.4, -0.2) is 15.9 Å². The Morgan fingerprint density at radius 1 is 1.26 bits per heavy atom. The zero-order valence-electron chi connectivity index (χ0n) is 10.6. The lowest BCUT2D eigenvalue weighted by molar-refractivity contribution is 0.102. The zero-order chi connectivity index (χ0) is 14.0. The summed E-state index contributed by atoms with van der Waals surface area (Å²) >= 11 is 5.81. The number of carbonyl (C=O) groups is 1. The maximum absolute atomic E-state index is 12.1. The number of amides is 1. The third-order valence-corrected chi connectivity index (χ3v) is 2.75. The van der Waals surface area contributed by atoms with Gasteiger partial charge < -0.3 is 5.73 Å². The average molecular weight is 277 g/mol. The molecule has 19 heavy (non-hydrogen) atoms. The van der Waals surface area contributed by atoms with Gasteiger partial charge in [0.1, 0.15) is 5.15 Å². The van der Waals surface area contributed by atoms with Crippen LogP contribution in [0.5, 0.6) is 0 Å². The standard InChI is InChI=1S/C13H13ClN4O/c1-7-3-4-9(15)6-10(7)12(19)18-13-16-8(2)5-11(14)17-13/h3-6H,15H2,1-2H3,(H,16,17,18,19). The van der Waals surface area contributed by atoms with Gasteiger partial charge in [0, 0.05) is 16.9 Å². The smallest absolute Gasteiger partial charge is 0.258 e. The Hall–Kier alpha value is -2.14. The van der Waals surface area contributed by atoms with Gasteiger partial charge in [-0.25, -0.2) is 9.97 Å². The van der Waals surface area contributed by atoms with Crippen LogP contribution in [0.15, 0.2) is 24.3 Å². The van der Waals surface area contributed by atoms with Crippen molar-refractivity contribution in [3.05, 3.63) is 46.2 Å². The highest BCUT2D eigenvalue weighted by atomic mass is 35.5. The van der Waals surface area contributed by atoms with E-state index < -0.39 is 0 Å². The molecule has 0 saturated carbocycles. The lowest BCUT2D eigenvalue weighted by atomic mass is 10.1. The highest BCUT2D eigenvalue weighted by Crippen LogP contribution is 2.15. The first kappa shape index (κ1) is 13.3. The summed E-state index contributed by atoms with van der Waals surface area (Å²) in [6.07, 6.45) is 0. The molecule has 2 rings (SSSR count). The maximum Gasteiger partial charge on any atom is 0.258 e. The minimum Gasteiger partial charge on any atom is -0.399 e. The fourth-order valence-electron chi connectivity index (χ4n) is 1.64. The number of hydrogen-bond acceptors (Lipinski definition) is 4. The first-order chi connectivity index (χ1) is 8.95. The van der Waals surface area contributed by atoms with Crippen molar-refractivity contribution in [2.24, 2.45) is 0 Å². The fourth-order valence-corrected chi connectivity index (χ4v) is 1.88. The van der Waals surface area contributed by atoms with Gasteiger partial charge in [0.05, 0.1) is 0 Å². The van der Waals surface area contributed by atoms with E-state index in [1.807, 2.05) is 6.92 Å². The molecule has 6 heteroatoms. The molecule has 0 aliphatic carbocycles. The van der Waals surface area contributed by atoms with Crippen molar-refractivity contribution in [1.29, 1.82) is 0 Å². The van der Waals surface area contributed by atoms with Crippen LogP contribution in [0.4, 0.5) is 11.6 Å². The molecule has 1 aromatic heterocycles. The van der Waals surface area contributed by atoms with Crippen LogP contribution in [0.3, 0.4) is 0 Å². The SMILES string of the molecule is Cc1cc(Cl)nc(NC(=O)c2cc(N)ccc2C)n1. The maximum atomic E-state index is 12.1. The van der Waals surface area contributed by atoms with Gasteiger partial charge >= 0.3 is 0 Å². The van der Waals surface area contributed by atoms with E-state index >= 15 is 0 Å². The molecule has 1 heterocycles. The summed E-state index contributed by atoms with van der Waals surface area (Å²) < 4.78 is 0. The number of aryl methyl sites for hydroxylation is 2. The second-order valence-electron chi connectivity index (χ2n) is 4.18. The van der Waals surface area contributed by atoms with Gasteiger partial charge in [-0.15, -0.1) is 0 Å². The number of anilines is 2. The second kappa shape index (κ2) is 5.24. The molecule has 0 spiro atoms. The van der Waals surface area contributed by atoms with Crippen molar-refractivity contribution in [2.45, 2.75) is 13.8 Å². The summed E-state index contributed by atoms with van der Waals surface area (Å²) in [5.41, 5.74) is 8.19. The Bertz CT molecular complexity index is 622. The van der Waals surface area contributed by atoms with Gasteiger partial charge in [0.2, 0.25) is 5.95 Å². The van der Waals surface area contributed by atoms with Gasteiger partial charge in [0.25, 0.3) is 5.91 Å². The predicted octanol–water partition coefficient (Wildman–Crippen LogP) is 2.58. The second-order valence-corrected chi connectivity index (χ2v) is 4.57. The van der Waals surface area contributed by atoms with E-state index in [-0.39, 0.29) is 17.0 Å². The highest BCUT2D eigenvalue weighted by Gasteiger charge is 2.11. The number of aromatic nitrogens is 2. The van der Waals surface area contributed by atoms with Crippen LogP contribution < -0.4 is 11.1 Å². The van der Waals surface area contributed by atoms with Crippen LogP contribution in [0, 0.1) is 13.8 Å². The van der Waals surface area contributed by atoms with Crippen molar-refractivity contribution >= 4 is 29.1 Å². The van der Waals surface area contributed by atoms with Crippen LogP contribution in [0.2, 0.25) is 5.15 Å². The molecule has 0 aliphatic rings. The number of carbonyl (C=O) groups excluding carboxylic acids is 1. The number of halogens is 1. The van der Waals surface area contributed by atoms with E-state index in [1.165, 1.54) is 0 Å². The van der Waals surface area contributed by atoms with Gasteiger partial charge in [-0.1, -0.05) is 17.7 Å². The van der Waals surface area contributed by atoms with Crippen LogP contribution in [-0.2, 0) is 0 Å². The quantitative estimate of drug-likeness (QED) is 0.652. The molecule has 98 valence electrons. The van der Waals surface area contributed by atoms with Crippen LogP contribution in [0.1, 0.15) is 21.6 Å². The van der Waals surface area contributed by atoms with E-state index in [0.717, 1.165) is 5.56 Å². The number of nitrogens with zero attached hydrogens (tertiary/aromatic N) is 2. The summed E-state index contributed by atoms with van der Waals surface area (Å²) in [5, 5.41) is 2.89. The van der Waals surface area contributed by atoms with Crippen molar-refractivity contribution in [2.75, 3.05) is 11.1 Å². The Kier molecular flexibility index (Phi) is 3.66. The van der Waals surface area contributed by atoms with Crippen molar-refractivity contribution in [3.63, 3.8) is 0 Å². The molecule has 0 unspecified atom stereocenters. The minimum atomic E-state index is -0.313. The molecule has 0 fully saturated rings. The molecule has 0 saturated heterocycles. The molecule has 1 aromatic carbocycles. The predicted molar refractivity (Wildman–Crippen MR) is 75.3 cm³/mol. The van der Waals surface area contributed by atoms with E-state index in [9.17, 15) is 4.79 Å². The first-order valence-electron chi connectivity index (χ1n) is 5.64. The molecule has 0 aliphatic heterocycles. The minimum absolute atomic E-state index is 0.178. The summed E-state index contributed by atoms with van der Waals surface area (Å²) in [5.74, 6) is -0.136. The number of rotatable bonds is 2. The molecule has 3 N–H and O–H groups in total. The first-order valence-corrected chi connectivity index (χ1v) is 6.02. The highest BCUT2D eigenvalue weighted by molar-refractivity contribution is 6.29. The monoisotopic (exact) mass is 276 g/mol. The topological polar surface area (TPSA) is 80.9 Å². The average Bonchev–Trinajstić information content (AvgIpc) is 2.30. The summed E-state index contributed by atoms with van der Waals surface area (Å²) in [6.45, 7) is 3.60. The largest absolute Gasteiger partial charge is 0.399 e. The van der Waals surface area contributed by atoms with Gasteiger partial charge in [-0.2, -0.15) is 0 Å². The number of nitrogens with one attached hydrogen (secondary N) is 1. The van der Waals surface area contributed by atoms with Crippen LogP contribution in [0.25, 0.3) is 0 Å². The molecule has 2 aromatic rings. The molecule has 5 nitrogen and oxygen atoms in total. The third-order valence-electron chi connectivity index (χ3n) is 2.55. The summed E-state index contributed by atoms with van der Waals surface area (Å²) in [4.78, 5) is 20.2. The van der Waals surface area contributed by atoms with Gasteiger partial charge in [0.15, 0.2) is 0 Å². The fraction of sp³-hybridized carbons (Fsp3) is 0.154. The lowest BCUT2D eigenvalue weighted by Gasteiger charge is -2.08. The normalized spacial score (nSPS) is 10.3. The van der Waals surface area contributed by atoms with E-state index in [2.05, 4.69) is 15.3 Å². The zero-order valence-corrected chi connectivity index (χ0v) is 11.3. The Morgan fingerprint density at radius 2 is 2.00 bits per heavy atom. The molecule has 1 amide bonds. The number of benzene rings is 1. The number of hydrogen-bond donors (Lipinski definition) is 2. The Balaban J connectivity index is 2.28. The van der Waals surface area contributed by atoms with Crippen molar-refractivity contribution < 1.29 is 4.79 Å². The van der Waals surface area contributed by atoms with Crippen LogP contribution >= 0.6 is 11.6 Å². The van der Waals surface area contributed by atoms with E-state index in [1.54, 1.807) is 31.2 Å². The van der Waals surface area contributed by atoms with Crippen molar-refractivity contribution in [1.82, 2.24) is 9.97 Å². The third kappa shape index (κ3) is 3.20. The summed E-state index contributed by atoms with van der Waals surface area (Å²) in [7, 11) is 0. The lowest BCUT2D eigenvalue weighted by Crippen LogP contribution is -2.16. The molecule has 0 bridgehead atoms. The van der Waals surface area contributed by atoms with E-state index in [4.69, 9.17) is 17.3 Å². The molecule has 0 atom stereocenters. The summed E-state index contributed by atoms with van der Waals surface area (Å²) in [6, 6.07) is 6.76. The Morgan fingerprint density at radius 3 is 2.68 bits per heavy atom. The van der Waals surface area contributed by atoms with Gasteiger partial charge in [-0.05, 0) is 37.6 Å². The Labute approximate surface area is 115 Å². The molecular formula is C13H13ClN4O. The van der Waals surface area contributed by atoms with E-state index in [0.29, 0.717) is 16.9 Å². The van der Waals surface area contributed by atoms with Gasteiger partial charge in [-0.3, -0.25) is 10.1 Å².